The molecule has 0 radical (unpaired) electrons. The highest BCUT2D eigenvalue weighted by Gasteiger charge is 2.41. The summed E-state index contributed by atoms with van der Waals surface area (Å²) in [5.74, 6) is 0. The van der Waals surface area contributed by atoms with Gasteiger partial charge in [0.15, 0.2) is 0 Å². The maximum Gasteiger partial charge on any atom is 0.327 e. The number of benzene rings is 3. The summed E-state index contributed by atoms with van der Waals surface area (Å²) in [4.78, 5) is 9.27. The van der Waals surface area contributed by atoms with Crippen LogP contribution in [-0.4, -0.2) is 18.4 Å². The van der Waals surface area contributed by atoms with Crippen LogP contribution in [0.1, 0.15) is 10.0 Å². The summed E-state index contributed by atoms with van der Waals surface area (Å²) in [6.45, 7) is 0.407. The Labute approximate surface area is 187 Å². The average Bonchev–Trinajstić information content (AvgIpc) is 3.43. The molecule has 0 fully saturated rings. The van der Waals surface area contributed by atoms with E-state index in [9.17, 15) is 8.42 Å². The van der Waals surface area contributed by atoms with Crippen molar-refractivity contribution >= 4 is 64.7 Å². The molecule has 0 N–H and O–H groups in total. The van der Waals surface area contributed by atoms with Crippen molar-refractivity contribution in [3.8, 4) is 0 Å². The molecule has 3 aromatic carbocycles. The van der Waals surface area contributed by atoms with Crippen LogP contribution >= 0.6 is 22.7 Å². The summed E-state index contributed by atoms with van der Waals surface area (Å²) in [6.07, 6.45) is 0. The Kier molecular flexibility index (Phi) is 4.24. The predicted octanol–water partition coefficient (Wildman–Crippen LogP) is 5.18. The standard InChI is InChI=1S/C22H16N4O2S3/c27-31(28)25(13-21-23-15-7-1-5-11-19(15)29-21)17-9-3-4-10-18(17)26(31)14-22-24-16-8-2-6-12-20(16)30-22/h1-12H,13-14H2. The SMILES string of the molecule is O=S1(=O)N(Cc2nc3ccccc3s2)c2ccccc2N1Cc1nc2ccccc2s1. The van der Waals surface area contributed by atoms with Crippen LogP contribution in [0.15, 0.2) is 72.8 Å². The second-order valence-corrected chi connectivity index (χ2v) is 11.2. The summed E-state index contributed by atoms with van der Waals surface area (Å²) in [5, 5.41) is 1.53. The summed E-state index contributed by atoms with van der Waals surface area (Å²) in [5.41, 5.74) is 3.11. The Morgan fingerprint density at radius 1 is 0.645 bits per heavy atom. The Balaban J connectivity index is 1.39. The second-order valence-electron chi connectivity index (χ2n) is 7.16. The molecule has 3 heterocycles. The second kappa shape index (κ2) is 7.01. The first-order valence-corrected chi connectivity index (χ1v) is 12.7. The van der Waals surface area contributed by atoms with Crippen LogP contribution in [0.25, 0.3) is 20.4 Å². The molecule has 0 saturated carbocycles. The van der Waals surface area contributed by atoms with Gasteiger partial charge in [-0.05, 0) is 36.4 Å². The van der Waals surface area contributed by atoms with E-state index in [1.165, 1.54) is 31.3 Å². The van der Waals surface area contributed by atoms with Crippen molar-refractivity contribution < 1.29 is 8.42 Å². The quantitative estimate of drug-likeness (QED) is 0.368. The molecule has 6 rings (SSSR count). The van der Waals surface area contributed by atoms with Gasteiger partial charge in [0.05, 0.1) is 44.9 Å². The van der Waals surface area contributed by atoms with Gasteiger partial charge in [-0.25, -0.2) is 18.6 Å². The lowest BCUT2D eigenvalue weighted by Crippen LogP contribution is -2.37. The summed E-state index contributed by atoms with van der Waals surface area (Å²) in [6, 6.07) is 23.1. The van der Waals surface area contributed by atoms with Gasteiger partial charge >= 0.3 is 10.2 Å². The lowest BCUT2D eigenvalue weighted by molar-refractivity contribution is 0.588. The van der Waals surface area contributed by atoms with Crippen molar-refractivity contribution in [3.63, 3.8) is 0 Å². The van der Waals surface area contributed by atoms with E-state index < -0.39 is 10.2 Å². The largest absolute Gasteiger partial charge is 0.327 e. The van der Waals surface area contributed by atoms with Crippen LogP contribution in [0.5, 0.6) is 0 Å². The van der Waals surface area contributed by atoms with E-state index in [-0.39, 0.29) is 13.1 Å². The highest BCUT2D eigenvalue weighted by Crippen LogP contribution is 2.43. The van der Waals surface area contributed by atoms with Crippen molar-refractivity contribution in [2.75, 3.05) is 8.61 Å². The third-order valence-electron chi connectivity index (χ3n) is 5.21. The van der Waals surface area contributed by atoms with E-state index in [1.54, 1.807) is 0 Å². The van der Waals surface area contributed by atoms with Crippen LogP contribution < -0.4 is 8.61 Å². The zero-order valence-electron chi connectivity index (χ0n) is 16.2. The molecule has 0 aliphatic carbocycles. The molecule has 0 spiro atoms. The smallest absolute Gasteiger partial charge is 0.244 e. The van der Waals surface area contributed by atoms with Gasteiger partial charge < -0.3 is 0 Å². The van der Waals surface area contributed by atoms with Crippen LogP contribution in [0.4, 0.5) is 11.4 Å². The van der Waals surface area contributed by atoms with Crippen LogP contribution in [-0.2, 0) is 23.3 Å². The molecule has 1 aliphatic heterocycles. The van der Waals surface area contributed by atoms with Crippen molar-refractivity contribution in [1.29, 1.82) is 0 Å². The van der Waals surface area contributed by atoms with Gasteiger partial charge in [-0.15, -0.1) is 22.7 Å². The van der Waals surface area contributed by atoms with E-state index in [2.05, 4.69) is 9.97 Å². The Bertz CT molecular complexity index is 1370. The molecule has 9 heteroatoms. The van der Waals surface area contributed by atoms with Gasteiger partial charge in [0.1, 0.15) is 10.0 Å². The van der Waals surface area contributed by atoms with Gasteiger partial charge in [-0.1, -0.05) is 36.4 Å². The van der Waals surface area contributed by atoms with Gasteiger partial charge in [-0.3, -0.25) is 0 Å². The molecular formula is C22H16N4O2S3. The predicted molar refractivity (Wildman–Crippen MR) is 127 cm³/mol. The third-order valence-corrected chi connectivity index (χ3v) is 9.02. The minimum atomic E-state index is -3.76. The molecule has 0 atom stereocenters. The Morgan fingerprint density at radius 3 is 1.52 bits per heavy atom. The monoisotopic (exact) mass is 464 g/mol. The van der Waals surface area contributed by atoms with E-state index >= 15 is 0 Å². The first kappa shape index (κ1) is 18.7. The lowest BCUT2D eigenvalue weighted by atomic mass is 10.2. The van der Waals surface area contributed by atoms with Crippen LogP contribution in [0, 0.1) is 0 Å². The number of rotatable bonds is 4. The molecule has 31 heavy (non-hydrogen) atoms. The molecule has 1 aliphatic rings. The number of thiazole rings is 2. The van der Waals surface area contributed by atoms with E-state index in [1.807, 2.05) is 72.8 Å². The zero-order chi connectivity index (χ0) is 21.0. The Morgan fingerprint density at radius 2 is 1.06 bits per heavy atom. The fourth-order valence-corrected chi connectivity index (χ4v) is 7.50. The summed E-state index contributed by atoms with van der Waals surface area (Å²) >= 11 is 3.04. The molecular weight excluding hydrogens is 448 g/mol. The number of aromatic nitrogens is 2. The third kappa shape index (κ3) is 3.08. The average molecular weight is 465 g/mol. The lowest BCUT2D eigenvalue weighted by Gasteiger charge is -2.20. The minimum Gasteiger partial charge on any atom is -0.244 e. The highest BCUT2D eigenvalue weighted by molar-refractivity contribution is 7.94. The number of fused-ring (bicyclic) bond motifs is 3. The molecule has 0 amide bonds. The molecule has 2 aromatic heterocycles. The first-order valence-electron chi connectivity index (χ1n) is 9.68. The molecule has 154 valence electrons. The Hall–Kier alpha value is -3.01. The van der Waals surface area contributed by atoms with Crippen molar-refractivity contribution in [2.45, 2.75) is 13.1 Å². The van der Waals surface area contributed by atoms with Gasteiger partial charge in [0.25, 0.3) is 0 Å². The van der Waals surface area contributed by atoms with Crippen molar-refractivity contribution in [3.05, 3.63) is 82.8 Å². The van der Waals surface area contributed by atoms with Gasteiger partial charge in [-0.2, -0.15) is 8.42 Å². The fraction of sp³-hybridized carbons (Fsp3) is 0.0909. The maximum atomic E-state index is 13.6. The summed E-state index contributed by atoms with van der Waals surface area (Å²) < 4.78 is 32.2. The minimum absolute atomic E-state index is 0.203. The molecule has 0 unspecified atom stereocenters. The normalized spacial score (nSPS) is 15.1. The zero-order valence-corrected chi connectivity index (χ0v) is 18.6. The first-order chi connectivity index (χ1) is 15.1. The molecule has 6 nitrogen and oxygen atoms in total. The number of nitrogens with zero attached hydrogens (tertiary/aromatic N) is 4. The van der Waals surface area contributed by atoms with Crippen molar-refractivity contribution in [1.82, 2.24) is 9.97 Å². The van der Waals surface area contributed by atoms with Crippen LogP contribution in [0.3, 0.4) is 0 Å². The fourth-order valence-electron chi connectivity index (χ4n) is 3.81. The number of para-hydroxylation sites is 4. The molecule has 5 aromatic rings. The number of hydrogen-bond donors (Lipinski definition) is 0. The maximum absolute atomic E-state index is 13.6. The summed E-state index contributed by atoms with van der Waals surface area (Å²) in [7, 11) is -3.76. The van der Waals surface area contributed by atoms with E-state index in [4.69, 9.17) is 0 Å². The topological polar surface area (TPSA) is 66.4 Å². The molecule has 0 bridgehead atoms. The van der Waals surface area contributed by atoms with Gasteiger partial charge in [0, 0.05) is 0 Å². The number of hydrogen-bond acceptors (Lipinski definition) is 6. The van der Waals surface area contributed by atoms with Crippen molar-refractivity contribution in [2.24, 2.45) is 0 Å². The van der Waals surface area contributed by atoms with Crippen LogP contribution in [0.2, 0.25) is 0 Å². The highest BCUT2D eigenvalue weighted by atomic mass is 32.2. The van der Waals surface area contributed by atoms with E-state index in [0.29, 0.717) is 11.4 Å². The van der Waals surface area contributed by atoms with Gasteiger partial charge in [0.2, 0.25) is 0 Å². The molecule has 0 saturated heterocycles. The van der Waals surface area contributed by atoms with E-state index in [0.717, 1.165) is 30.4 Å². The number of anilines is 2.